The Morgan fingerprint density at radius 2 is 1.94 bits per heavy atom. The van der Waals surface area contributed by atoms with Crippen LogP contribution in [0.2, 0.25) is 5.02 Å². The Hall–Kier alpha value is -1.55. The van der Waals surface area contributed by atoms with Gasteiger partial charge in [-0.1, -0.05) is 11.6 Å². The fourth-order valence-electron chi connectivity index (χ4n) is 1.68. The lowest BCUT2D eigenvalue weighted by atomic mass is 10.1. The molecule has 1 aromatic carbocycles. The van der Waals surface area contributed by atoms with Crippen molar-refractivity contribution >= 4 is 29.1 Å². The quantitative estimate of drug-likeness (QED) is 0.685. The third kappa shape index (κ3) is 1.65. The number of carbonyl (C=O) groups excluding carboxylic acids is 2. The largest absolute Gasteiger partial charge is 0.332 e. The average molecular weight is 239 g/mol. The molecule has 0 saturated carbocycles. The van der Waals surface area contributed by atoms with Gasteiger partial charge in [0.05, 0.1) is 11.3 Å². The normalized spacial score (nSPS) is 16.2. The van der Waals surface area contributed by atoms with Crippen molar-refractivity contribution in [3.8, 4) is 0 Å². The Bertz CT molecular complexity index is 473. The summed E-state index contributed by atoms with van der Waals surface area (Å²) in [5, 5.41) is 0.510. The van der Waals surface area contributed by atoms with Gasteiger partial charge in [-0.25, -0.2) is 0 Å². The number of anilines is 1. The summed E-state index contributed by atoms with van der Waals surface area (Å²) < 4.78 is 0. The van der Waals surface area contributed by atoms with E-state index in [0.29, 0.717) is 16.3 Å². The number of benzene rings is 1. The topological polar surface area (TPSA) is 40.6 Å². The van der Waals surface area contributed by atoms with E-state index in [0.717, 1.165) is 0 Å². The molecule has 0 fully saturated rings. The molecule has 84 valence electrons. The number of carbonyl (C=O) groups is 2. The van der Waals surface area contributed by atoms with E-state index in [2.05, 4.69) is 0 Å². The molecule has 1 aliphatic heterocycles. The van der Waals surface area contributed by atoms with E-state index < -0.39 is 0 Å². The molecule has 4 nitrogen and oxygen atoms in total. The number of halogens is 1. The summed E-state index contributed by atoms with van der Waals surface area (Å²) in [6.45, 7) is 0.0850. The third-order valence-corrected chi connectivity index (χ3v) is 2.88. The van der Waals surface area contributed by atoms with Crippen molar-refractivity contribution in [2.75, 3.05) is 25.5 Å². The van der Waals surface area contributed by atoms with Crippen LogP contribution in [0.15, 0.2) is 18.2 Å². The first-order valence-corrected chi connectivity index (χ1v) is 5.20. The van der Waals surface area contributed by atoms with Gasteiger partial charge in [0.2, 0.25) is 5.91 Å². The van der Waals surface area contributed by atoms with Gasteiger partial charge in [0.1, 0.15) is 6.54 Å². The number of amides is 2. The summed E-state index contributed by atoms with van der Waals surface area (Å²) in [7, 11) is 3.25. The van der Waals surface area contributed by atoms with Crippen LogP contribution in [0.4, 0.5) is 5.69 Å². The fraction of sp³-hybridized carbons (Fsp3) is 0.273. The molecule has 1 aliphatic rings. The van der Waals surface area contributed by atoms with Crippen LogP contribution < -0.4 is 4.90 Å². The predicted molar refractivity (Wildman–Crippen MR) is 61.8 cm³/mol. The molecule has 0 spiro atoms. The van der Waals surface area contributed by atoms with Crippen LogP contribution in [-0.4, -0.2) is 37.4 Å². The second kappa shape index (κ2) is 3.79. The van der Waals surface area contributed by atoms with Crippen molar-refractivity contribution in [2.24, 2.45) is 0 Å². The summed E-state index contributed by atoms with van der Waals surface area (Å²) in [4.78, 5) is 26.5. The molecule has 0 bridgehead atoms. The maximum absolute atomic E-state index is 11.9. The van der Waals surface area contributed by atoms with Crippen molar-refractivity contribution in [2.45, 2.75) is 0 Å². The van der Waals surface area contributed by atoms with Crippen LogP contribution >= 0.6 is 11.6 Å². The summed E-state index contributed by atoms with van der Waals surface area (Å²) >= 11 is 5.86. The Morgan fingerprint density at radius 3 is 2.62 bits per heavy atom. The first-order valence-electron chi connectivity index (χ1n) is 4.82. The number of rotatable bonds is 0. The minimum atomic E-state index is -0.163. The van der Waals surface area contributed by atoms with E-state index in [1.807, 2.05) is 0 Å². The van der Waals surface area contributed by atoms with E-state index in [-0.39, 0.29) is 18.4 Å². The Kier molecular flexibility index (Phi) is 2.59. The lowest BCUT2D eigenvalue weighted by molar-refractivity contribution is -0.118. The Balaban J connectivity index is 2.62. The maximum Gasteiger partial charge on any atom is 0.256 e. The van der Waals surface area contributed by atoms with Crippen molar-refractivity contribution in [1.82, 2.24) is 4.90 Å². The zero-order valence-electron chi connectivity index (χ0n) is 9.03. The summed E-state index contributed by atoms with van der Waals surface area (Å²) in [6, 6.07) is 4.92. The average Bonchev–Trinajstić information content (AvgIpc) is 2.32. The van der Waals surface area contributed by atoms with Gasteiger partial charge in [0.15, 0.2) is 0 Å². The van der Waals surface area contributed by atoms with Crippen LogP contribution in [0.3, 0.4) is 0 Å². The van der Waals surface area contributed by atoms with Gasteiger partial charge in [-0.3, -0.25) is 9.59 Å². The zero-order valence-corrected chi connectivity index (χ0v) is 9.78. The van der Waals surface area contributed by atoms with Crippen molar-refractivity contribution in [1.29, 1.82) is 0 Å². The van der Waals surface area contributed by atoms with E-state index in [1.165, 1.54) is 9.80 Å². The van der Waals surface area contributed by atoms with Gasteiger partial charge >= 0.3 is 0 Å². The number of nitrogens with zero attached hydrogens (tertiary/aromatic N) is 2. The molecule has 5 heteroatoms. The molecule has 0 atom stereocenters. The van der Waals surface area contributed by atoms with E-state index in [9.17, 15) is 9.59 Å². The molecular weight excluding hydrogens is 228 g/mol. The van der Waals surface area contributed by atoms with Gasteiger partial charge in [0, 0.05) is 19.1 Å². The molecule has 0 unspecified atom stereocenters. The highest BCUT2D eigenvalue weighted by molar-refractivity contribution is 6.31. The zero-order chi connectivity index (χ0) is 11.9. The minimum absolute atomic E-state index is 0.0850. The monoisotopic (exact) mass is 238 g/mol. The Morgan fingerprint density at radius 1 is 1.25 bits per heavy atom. The SMILES string of the molecule is CN1CC(=O)N(C)c2cc(Cl)ccc2C1=O. The fourth-order valence-corrected chi connectivity index (χ4v) is 1.85. The van der Waals surface area contributed by atoms with Gasteiger partial charge in [-0.15, -0.1) is 0 Å². The van der Waals surface area contributed by atoms with Gasteiger partial charge < -0.3 is 9.80 Å². The van der Waals surface area contributed by atoms with E-state index >= 15 is 0 Å². The van der Waals surface area contributed by atoms with Crippen LogP contribution in [0, 0.1) is 0 Å². The minimum Gasteiger partial charge on any atom is -0.332 e. The molecule has 0 aliphatic carbocycles. The smallest absolute Gasteiger partial charge is 0.256 e. The van der Waals surface area contributed by atoms with Crippen LogP contribution in [0.25, 0.3) is 0 Å². The molecule has 1 aromatic rings. The molecule has 0 saturated heterocycles. The van der Waals surface area contributed by atoms with Gasteiger partial charge in [-0.2, -0.15) is 0 Å². The summed E-state index contributed by atoms with van der Waals surface area (Å²) in [5.74, 6) is -0.291. The highest BCUT2D eigenvalue weighted by Crippen LogP contribution is 2.27. The van der Waals surface area contributed by atoms with Crippen molar-refractivity contribution in [3.05, 3.63) is 28.8 Å². The maximum atomic E-state index is 11.9. The molecule has 0 N–H and O–H groups in total. The summed E-state index contributed by atoms with van der Waals surface area (Å²) in [6.07, 6.45) is 0. The van der Waals surface area contributed by atoms with Crippen LogP contribution in [0.5, 0.6) is 0 Å². The Labute approximate surface area is 98.4 Å². The van der Waals surface area contributed by atoms with Gasteiger partial charge in [-0.05, 0) is 18.2 Å². The van der Waals surface area contributed by atoms with Crippen molar-refractivity contribution in [3.63, 3.8) is 0 Å². The molecule has 1 heterocycles. The molecule has 0 radical (unpaired) electrons. The van der Waals surface area contributed by atoms with Crippen LogP contribution in [-0.2, 0) is 4.79 Å². The number of hydrogen-bond donors (Lipinski definition) is 0. The lowest BCUT2D eigenvalue weighted by Crippen LogP contribution is -2.35. The number of fused-ring (bicyclic) bond motifs is 1. The second-order valence-corrected chi connectivity index (χ2v) is 4.21. The molecule has 2 amide bonds. The first-order chi connectivity index (χ1) is 7.50. The first kappa shape index (κ1) is 11.0. The molecule has 0 aromatic heterocycles. The number of hydrogen-bond acceptors (Lipinski definition) is 2. The highest BCUT2D eigenvalue weighted by Gasteiger charge is 2.27. The van der Waals surface area contributed by atoms with E-state index in [4.69, 9.17) is 11.6 Å². The van der Waals surface area contributed by atoms with Crippen molar-refractivity contribution < 1.29 is 9.59 Å². The van der Waals surface area contributed by atoms with Gasteiger partial charge in [0.25, 0.3) is 5.91 Å². The van der Waals surface area contributed by atoms with E-state index in [1.54, 1.807) is 32.3 Å². The van der Waals surface area contributed by atoms with Crippen LogP contribution in [0.1, 0.15) is 10.4 Å². The lowest BCUT2D eigenvalue weighted by Gasteiger charge is -2.16. The predicted octanol–water partition coefficient (Wildman–Crippen LogP) is 1.39. The number of likely N-dealkylation sites (N-methyl/N-ethyl adjacent to an activating group) is 2. The molecular formula is C11H11ClN2O2. The standard InChI is InChI=1S/C11H11ClN2O2/c1-13-6-10(15)14(2)9-5-7(12)3-4-8(9)11(13)16/h3-5H,6H2,1-2H3. The highest BCUT2D eigenvalue weighted by atomic mass is 35.5. The third-order valence-electron chi connectivity index (χ3n) is 2.64. The second-order valence-electron chi connectivity index (χ2n) is 3.78. The molecule has 16 heavy (non-hydrogen) atoms. The molecule has 2 rings (SSSR count). The summed E-state index contributed by atoms with van der Waals surface area (Å²) in [5.41, 5.74) is 1.06.